The molecule has 0 bridgehead atoms. The highest BCUT2D eigenvalue weighted by molar-refractivity contribution is 9.10. The van der Waals surface area contributed by atoms with Gasteiger partial charge in [0.15, 0.2) is 5.76 Å². The number of furan rings is 1. The van der Waals surface area contributed by atoms with Crippen LogP contribution < -0.4 is 15.0 Å². The van der Waals surface area contributed by atoms with Crippen molar-refractivity contribution in [3.63, 3.8) is 0 Å². The molecule has 0 atom stereocenters. The number of ether oxygens (including phenoxy) is 1. The van der Waals surface area contributed by atoms with Gasteiger partial charge < -0.3 is 24.3 Å². The van der Waals surface area contributed by atoms with Crippen molar-refractivity contribution in [3.05, 3.63) is 88.6 Å². The van der Waals surface area contributed by atoms with E-state index in [-0.39, 0.29) is 11.8 Å². The Labute approximate surface area is 211 Å². The molecule has 8 heteroatoms. The predicted octanol–water partition coefficient (Wildman–Crippen LogP) is 5.42. The number of carbonyl (C=O) groups excluding carboxylic acids is 2. The Kier molecular flexibility index (Phi) is 6.46. The van der Waals surface area contributed by atoms with Gasteiger partial charge >= 0.3 is 0 Å². The van der Waals surface area contributed by atoms with Gasteiger partial charge in [-0.25, -0.2) is 0 Å². The van der Waals surface area contributed by atoms with E-state index in [2.05, 4.69) is 26.1 Å². The van der Waals surface area contributed by atoms with Gasteiger partial charge in [0.25, 0.3) is 11.8 Å². The fourth-order valence-electron chi connectivity index (χ4n) is 4.22. The van der Waals surface area contributed by atoms with Crippen molar-refractivity contribution >= 4 is 50.1 Å². The van der Waals surface area contributed by atoms with Crippen LogP contribution in [0.25, 0.3) is 11.0 Å². The highest BCUT2D eigenvalue weighted by Gasteiger charge is 2.25. The first kappa shape index (κ1) is 23.0. The summed E-state index contributed by atoms with van der Waals surface area (Å²) in [5.74, 6) is 0.565. The summed E-state index contributed by atoms with van der Waals surface area (Å²) in [5, 5.41) is 3.85. The molecule has 2 amide bonds. The van der Waals surface area contributed by atoms with Crippen molar-refractivity contribution in [1.82, 2.24) is 4.90 Å². The molecule has 0 unspecified atom stereocenters. The third kappa shape index (κ3) is 4.88. The van der Waals surface area contributed by atoms with Crippen LogP contribution in [-0.4, -0.2) is 50.0 Å². The van der Waals surface area contributed by atoms with Gasteiger partial charge in [-0.15, -0.1) is 0 Å². The van der Waals surface area contributed by atoms with Crippen LogP contribution in [0.3, 0.4) is 0 Å². The first-order valence-electron chi connectivity index (χ1n) is 11.3. The number of rotatable bonds is 5. The minimum atomic E-state index is -0.242. The van der Waals surface area contributed by atoms with E-state index in [1.54, 1.807) is 25.3 Å². The molecule has 2 heterocycles. The van der Waals surface area contributed by atoms with Gasteiger partial charge in [0.05, 0.1) is 12.7 Å². The van der Waals surface area contributed by atoms with Gasteiger partial charge in [-0.3, -0.25) is 9.59 Å². The molecule has 3 aromatic carbocycles. The zero-order valence-electron chi connectivity index (χ0n) is 19.2. The van der Waals surface area contributed by atoms with Crippen LogP contribution in [0.5, 0.6) is 5.75 Å². The maximum Gasteiger partial charge on any atom is 0.289 e. The monoisotopic (exact) mass is 533 g/mol. The van der Waals surface area contributed by atoms with E-state index in [1.807, 2.05) is 59.5 Å². The van der Waals surface area contributed by atoms with Gasteiger partial charge in [-0.1, -0.05) is 34.1 Å². The van der Waals surface area contributed by atoms with Crippen molar-refractivity contribution in [1.29, 1.82) is 0 Å². The third-order valence-electron chi connectivity index (χ3n) is 6.10. The molecule has 1 aliphatic heterocycles. The van der Waals surface area contributed by atoms with Gasteiger partial charge in [0.1, 0.15) is 11.3 Å². The number of carbonyl (C=O) groups is 2. The zero-order chi connectivity index (χ0) is 24.4. The van der Waals surface area contributed by atoms with E-state index in [0.717, 1.165) is 21.1 Å². The number of halogens is 1. The van der Waals surface area contributed by atoms with Crippen LogP contribution in [0, 0.1) is 0 Å². The lowest BCUT2D eigenvalue weighted by Gasteiger charge is -2.35. The molecule has 0 spiro atoms. The standard InChI is InChI=1S/C27H24BrN3O4/c1-34-24-11-6-19(28)17-22(24)26(32)29-20-7-9-21(10-8-20)30-12-14-31(15-13-30)27(33)25-16-18-4-2-3-5-23(18)35-25/h2-11,16-17H,12-15H2,1H3,(H,29,32). The SMILES string of the molecule is COc1ccc(Br)cc1C(=O)Nc1ccc(N2CCN(C(=O)c3cc4ccccc4o3)CC2)cc1. The van der Waals surface area contributed by atoms with E-state index < -0.39 is 0 Å². The van der Waals surface area contributed by atoms with E-state index in [4.69, 9.17) is 9.15 Å². The molecular weight excluding hydrogens is 510 g/mol. The lowest BCUT2D eigenvalue weighted by molar-refractivity contribution is 0.0717. The Morgan fingerprint density at radius 2 is 1.69 bits per heavy atom. The molecule has 1 aliphatic rings. The second-order valence-electron chi connectivity index (χ2n) is 8.27. The van der Waals surface area contributed by atoms with Crippen molar-refractivity contribution in [3.8, 4) is 5.75 Å². The topological polar surface area (TPSA) is 75.0 Å². The summed E-state index contributed by atoms with van der Waals surface area (Å²) < 4.78 is 11.8. The number of methoxy groups -OCH3 is 1. The second kappa shape index (κ2) is 9.84. The van der Waals surface area contributed by atoms with E-state index >= 15 is 0 Å². The second-order valence-corrected chi connectivity index (χ2v) is 9.19. The van der Waals surface area contributed by atoms with Crippen LogP contribution in [0.4, 0.5) is 11.4 Å². The number of benzene rings is 3. The summed E-state index contributed by atoms with van der Waals surface area (Å²) in [7, 11) is 1.54. The van der Waals surface area contributed by atoms with Crippen LogP contribution in [0.1, 0.15) is 20.9 Å². The van der Waals surface area contributed by atoms with Crippen molar-refractivity contribution < 1.29 is 18.7 Å². The Morgan fingerprint density at radius 1 is 0.943 bits per heavy atom. The molecule has 35 heavy (non-hydrogen) atoms. The Bertz CT molecular complexity index is 1340. The van der Waals surface area contributed by atoms with Crippen LogP contribution in [0.2, 0.25) is 0 Å². The number of amides is 2. The Hall–Kier alpha value is -3.78. The molecule has 1 saturated heterocycles. The first-order chi connectivity index (χ1) is 17.0. The van der Waals surface area contributed by atoms with E-state index in [1.165, 1.54) is 0 Å². The summed E-state index contributed by atoms with van der Waals surface area (Å²) in [6, 6.07) is 22.5. The number of nitrogens with zero attached hydrogens (tertiary/aromatic N) is 2. The fraction of sp³-hybridized carbons (Fsp3) is 0.185. The van der Waals surface area contributed by atoms with Gasteiger partial charge in [-0.2, -0.15) is 0 Å². The number of anilines is 2. The lowest BCUT2D eigenvalue weighted by atomic mass is 10.1. The quantitative estimate of drug-likeness (QED) is 0.370. The molecule has 5 rings (SSSR count). The van der Waals surface area contributed by atoms with Crippen LogP contribution in [0.15, 0.2) is 81.7 Å². The molecular formula is C27H24BrN3O4. The molecule has 1 aromatic heterocycles. The fourth-order valence-corrected chi connectivity index (χ4v) is 4.58. The molecule has 0 aliphatic carbocycles. The molecule has 7 nitrogen and oxygen atoms in total. The number of fused-ring (bicyclic) bond motifs is 1. The van der Waals surface area contributed by atoms with Crippen molar-refractivity contribution in [2.24, 2.45) is 0 Å². The number of hydrogen-bond donors (Lipinski definition) is 1. The van der Waals surface area contributed by atoms with E-state index in [9.17, 15) is 9.59 Å². The predicted molar refractivity (Wildman–Crippen MR) is 139 cm³/mol. The van der Waals surface area contributed by atoms with Crippen LogP contribution in [-0.2, 0) is 0 Å². The van der Waals surface area contributed by atoms with Gasteiger partial charge in [0.2, 0.25) is 0 Å². The Morgan fingerprint density at radius 3 is 2.40 bits per heavy atom. The molecule has 1 fully saturated rings. The molecule has 0 saturated carbocycles. The van der Waals surface area contributed by atoms with Crippen molar-refractivity contribution in [2.45, 2.75) is 0 Å². The van der Waals surface area contributed by atoms with Gasteiger partial charge in [0, 0.05) is 47.4 Å². The summed E-state index contributed by atoms with van der Waals surface area (Å²) in [4.78, 5) is 29.7. The molecule has 178 valence electrons. The summed E-state index contributed by atoms with van der Waals surface area (Å²) in [5.41, 5.74) is 2.91. The number of piperazine rings is 1. The normalized spacial score (nSPS) is 13.7. The van der Waals surface area contributed by atoms with E-state index in [0.29, 0.717) is 48.9 Å². The van der Waals surface area contributed by atoms with Crippen LogP contribution >= 0.6 is 15.9 Å². The third-order valence-corrected chi connectivity index (χ3v) is 6.59. The number of para-hydroxylation sites is 1. The summed E-state index contributed by atoms with van der Waals surface area (Å²) in [6.07, 6.45) is 0. The minimum Gasteiger partial charge on any atom is -0.496 e. The molecule has 4 aromatic rings. The summed E-state index contributed by atoms with van der Waals surface area (Å²) >= 11 is 3.40. The maximum atomic E-state index is 12.9. The highest BCUT2D eigenvalue weighted by atomic mass is 79.9. The lowest BCUT2D eigenvalue weighted by Crippen LogP contribution is -2.48. The zero-order valence-corrected chi connectivity index (χ0v) is 20.7. The highest BCUT2D eigenvalue weighted by Crippen LogP contribution is 2.26. The number of hydrogen-bond acceptors (Lipinski definition) is 5. The minimum absolute atomic E-state index is 0.0816. The Balaban J connectivity index is 1.19. The first-order valence-corrected chi connectivity index (χ1v) is 12.1. The smallest absolute Gasteiger partial charge is 0.289 e. The largest absolute Gasteiger partial charge is 0.496 e. The number of nitrogens with one attached hydrogen (secondary N) is 1. The summed E-state index contributed by atoms with van der Waals surface area (Å²) in [6.45, 7) is 2.65. The molecule has 1 N–H and O–H groups in total. The average Bonchev–Trinajstić information content (AvgIpc) is 3.33. The maximum absolute atomic E-state index is 12.9. The van der Waals surface area contributed by atoms with Crippen molar-refractivity contribution in [2.75, 3.05) is 43.5 Å². The van der Waals surface area contributed by atoms with Gasteiger partial charge in [-0.05, 0) is 54.6 Å². The average molecular weight is 534 g/mol. The molecule has 0 radical (unpaired) electrons.